The van der Waals surface area contributed by atoms with Crippen molar-refractivity contribution in [2.24, 2.45) is 0 Å². The molecule has 2 aromatic rings. The van der Waals surface area contributed by atoms with E-state index in [-0.39, 0.29) is 22.4 Å². The first kappa shape index (κ1) is 23.3. The van der Waals surface area contributed by atoms with Crippen molar-refractivity contribution in [2.75, 3.05) is 18.0 Å². The minimum atomic E-state index is -0.483. The monoisotopic (exact) mass is 435 g/mol. The van der Waals surface area contributed by atoms with Crippen molar-refractivity contribution in [2.45, 2.75) is 32.6 Å². The molecule has 6 heteroatoms. The summed E-state index contributed by atoms with van der Waals surface area (Å²) in [6.45, 7) is 4.03. The molecular formula is C27H25N5O. The number of amides is 1. The van der Waals surface area contributed by atoms with Crippen molar-refractivity contribution in [3.05, 3.63) is 82.6 Å². The third kappa shape index (κ3) is 5.48. The second-order valence-corrected chi connectivity index (χ2v) is 7.77. The minimum Gasteiger partial charge on any atom is -0.372 e. The fraction of sp³-hybridized carbons (Fsp3) is 0.259. The molecule has 1 N–H and O–H groups in total. The molecule has 0 bridgehead atoms. The fourth-order valence-electron chi connectivity index (χ4n) is 3.87. The number of unbranched alkanes of at least 4 members (excludes halogenated alkanes) is 1. The zero-order valence-electron chi connectivity index (χ0n) is 18.6. The third-order valence-corrected chi connectivity index (χ3v) is 5.59. The molecule has 0 radical (unpaired) electrons. The Labute approximate surface area is 194 Å². The molecule has 1 amide bonds. The van der Waals surface area contributed by atoms with Crippen LogP contribution in [-0.2, 0) is 11.2 Å². The lowest BCUT2D eigenvalue weighted by atomic mass is 9.99. The van der Waals surface area contributed by atoms with Crippen LogP contribution in [0.25, 0.3) is 5.57 Å². The average molecular weight is 436 g/mol. The molecule has 0 spiro atoms. The molecule has 6 nitrogen and oxygen atoms in total. The Morgan fingerprint density at radius 2 is 1.61 bits per heavy atom. The van der Waals surface area contributed by atoms with Gasteiger partial charge in [0, 0.05) is 18.8 Å². The van der Waals surface area contributed by atoms with Gasteiger partial charge in [0.2, 0.25) is 0 Å². The molecule has 0 unspecified atom stereocenters. The van der Waals surface area contributed by atoms with Crippen LogP contribution in [0.3, 0.4) is 0 Å². The predicted octanol–water partition coefficient (Wildman–Crippen LogP) is 4.63. The number of benzene rings is 2. The van der Waals surface area contributed by atoms with Crippen molar-refractivity contribution >= 4 is 17.2 Å². The molecule has 164 valence electrons. The standard InChI is InChI=1S/C27H25N5O/c1-2-3-15-32(16-7-10-20-8-5-4-6-9-20)23-13-11-21(12-14-23)25-24(19-30)26(31-27(25)33)22(17-28)18-29/h4-6,8-9,11-14H,2-3,7,10,15-16H2,1H3,(H,31,33). The zero-order chi connectivity index (χ0) is 23.6. The van der Waals surface area contributed by atoms with Crippen LogP contribution in [0.4, 0.5) is 5.69 Å². The van der Waals surface area contributed by atoms with E-state index >= 15 is 0 Å². The number of anilines is 1. The SMILES string of the molecule is CCCCN(CCCc1ccccc1)c1ccc(C2=C(C#N)C(=C(C#N)C#N)NC2=O)cc1. The minimum absolute atomic E-state index is 0.0166. The summed E-state index contributed by atoms with van der Waals surface area (Å²) in [7, 11) is 0. The first-order valence-corrected chi connectivity index (χ1v) is 11.0. The van der Waals surface area contributed by atoms with Gasteiger partial charge in [-0.05, 0) is 42.5 Å². The second kappa shape index (κ2) is 11.3. The molecular weight excluding hydrogens is 410 g/mol. The summed E-state index contributed by atoms with van der Waals surface area (Å²) in [6, 6.07) is 23.4. The maximum atomic E-state index is 12.5. The number of allylic oxidation sites excluding steroid dienone is 2. The van der Waals surface area contributed by atoms with Crippen molar-refractivity contribution in [3.8, 4) is 18.2 Å². The number of nitriles is 3. The maximum Gasteiger partial charge on any atom is 0.257 e. The fourth-order valence-corrected chi connectivity index (χ4v) is 3.87. The number of hydrogen-bond donors (Lipinski definition) is 1. The third-order valence-electron chi connectivity index (χ3n) is 5.59. The number of aryl methyl sites for hydroxylation is 1. The molecule has 1 heterocycles. The number of carbonyl (C=O) groups excluding carboxylic acids is 1. The molecule has 2 aromatic carbocycles. The highest BCUT2D eigenvalue weighted by molar-refractivity contribution is 6.26. The molecule has 0 aromatic heterocycles. The number of nitrogens with one attached hydrogen (secondary N) is 1. The number of hydrogen-bond acceptors (Lipinski definition) is 5. The van der Waals surface area contributed by atoms with E-state index in [9.17, 15) is 10.1 Å². The molecule has 0 saturated carbocycles. The van der Waals surface area contributed by atoms with E-state index < -0.39 is 5.91 Å². The van der Waals surface area contributed by atoms with E-state index in [2.05, 4.69) is 41.4 Å². The van der Waals surface area contributed by atoms with E-state index in [1.807, 2.05) is 36.4 Å². The van der Waals surface area contributed by atoms with E-state index in [1.165, 1.54) is 5.56 Å². The van der Waals surface area contributed by atoms with Crippen LogP contribution in [-0.4, -0.2) is 19.0 Å². The first-order chi connectivity index (χ1) is 16.1. The normalized spacial score (nSPS) is 12.5. The Morgan fingerprint density at radius 1 is 0.939 bits per heavy atom. The average Bonchev–Trinajstić information content (AvgIpc) is 3.18. The van der Waals surface area contributed by atoms with Gasteiger partial charge < -0.3 is 10.2 Å². The molecule has 1 aliphatic heterocycles. The van der Waals surface area contributed by atoms with E-state index in [0.717, 1.165) is 44.5 Å². The smallest absolute Gasteiger partial charge is 0.257 e. The lowest BCUT2D eigenvalue weighted by molar-refractivity contribution is -0.114. The van der Waals surface area contributed by atoms with Crippen LogP contribution in [0.2, 0.25) is 0 Å². The first-order valence-electron chi connectivity index (χ1n) is 11.0. The Hall–Kier alpha value is -4.34. The molecule has 0 saturated heterocycles. The van der Waals surface area contributed by atoms with Crippen LogP contribution < -0.4 is 10.2 Å². The summed E-state index contributed by atoms with van der Waals surface area (Å²) in [4.78, 5) is 14.9. The molecule has 0 atom stereocenters. The molecule has 0 aliphatic carbocycles. The quantitative estimate of drug-likeness (QED) is 0.578. The molecule has 3 rings (SSSR count). The summed E-state index contributed by atoms with van der Waals surface area (Å²) in [6.07, 6.45) is 4.22. The van der Waals surface area contributed by atoms with Gasteiger partial charge in [0.25, 0.3) is 5.91 Å². The molecule has 0 fully saturated rings. The second-order valence-electron chi connectivity index (χ2n) is 7.77. The maximum absolute atomic E-state index is 12.5. The van der Waals surface area contributed by atoms with E-state index in [0.29, 0.717) is 5.56 Å². The Morgan fingerprint density at radius 3 is 2.21 bits per heavy atom. The largest absolute Gasteiger partial charge is 0.372 e. The van der Waals surface area contributed by atoms with Gasteiger partial charge in [-0.25, -0.2) is 0 Å². The highest BCUT2D eigenvalue weighted by Crippen LogP contribution is 2.31. The summed E-state index contributed by atoms with van der Waals surface area (Å²) >= 11 is 0. The summed E-state index contributed by atoms with van der Waals surface area (Å²) < 4.78 is 0. The lowest BCUT2D eigenvalue weighted by Crippen LogP contribution is -2.26. The topological polar surface area (TPSA) is 104 Å². The van der Waals surface area contributed by atoms with E-state index in [1.54, 1.807) is 12.1 Å². The number of nitrogens with zero attached hydrogens (tertiary/aromatic N) is 4. The van der Waals surface area contributed by atoms with Gasteiger partial charge in [-0.3, -0.25) is 4.79 Å². The highest BCUT2D eigenvalue weighted by Gasteiger charge is 2.31. The van der Waals surface area contributed by atoms with Crippen LogP contribution in [0.1, 0.15) is 37.3 Å². The van der Waals surface area contributed by atoms with Gasteiger partial charge in [0.15, 0.2) is 5.57 Å². The predicted molar refractivity (Wildman–Crippen MR) is 127 cm³/mol. The summed E-state index contributed by atoms with van der Waals surface area (Å²) in [5, 5.41) is 30.4. The number of carbonyl (C=O) groups is 1. The Bertz CT molecular complexity index is 1170. The highest BCUT2D eigenvalue weighted by atomic mass is 16.2. The summed E-state index contributed by atoms with van der Waals surface area (Å²) in [5.74, 6) is -0.483. The van der Waals surface area contributed by atoms with Crippen molar-refractivity contribution in [3.63, 3.8) is 0 Å². The van der Waals surface area contributed by atoms with Gasteiger partial charge >= 0.3 is 0 Å². The Kier molecular flexibility index (Phi) is 8.01. The van der Waals surface area contributed by atoms with Gasteiger partial charge in [0.1, 0.15) is 18.2 Å². The van der Waals surface area contributed by atoms with Crippen LogP contribution in [0.15, 0.2) is 71.4 Å². The zero-order valence-corrected chi connectivity index (χ0v) is 18.6. The van der Waals surface area contributed by atoms with Gasteiger partial charge in [0.05, 0.1) is 16.8 Å². The van der Waals surface area contributed by atoms with Crippen molar-refractivity contribution in [1.82, 2.24) is 5.32 Å². The van der Waals surface area contributed by atoms with Crippen molar-refractivity contribution < 1.29 is 4.79 Å². The number of rotatable bonds is 9. The van der Waals surface area contributed by atoms with Crippen LogP contribution >= 0.6 is 0 Å². The van der Waals surface area contributed by atoms with Gasteiger partial charge in [-0.1, -0.05) is 55.8 Å². The van der Waals surface area contributed by atoms with Crippen LogP contribution in [0, 0.1) is 34.0 Å². The lowest BCUT2D eigenvalue weighted by Gasteiger charge is -2.25. The molecule has 33 heavy (non-hydrogen) atoms. The van der Waals surface area contributed by atoms with E-state index in [4.69, 9.17) is 10.5 Å². The van der Waals surface area contributed by atoms with Gasteiger partial charge in [-0.2, -0.15) is 15.8 Å². The Balaban J connectivity index is 1.83. The van der Waals surface area contributed by atoms with Crippen molar-refractivity contribution in [1.29, 1.82) is 15.8 Å². The summed E-state index contributed by atoms with van der Waals surface area (Å²) in [5.41, 5.74) is 2.88. The van der Waals surface area contributed by atoms with Gasteiger partial charge in [-0.15, -0.1) is 0 Å². The molecule has 1 aliphatic rings. The van der Waals surface area contributed by atoms with Crippen LogP contribution in [0.5, 0.6) is 0 Å².